The minimum Gasteiger partial charge on any atom is -0.351 e. The van der Waals surface area contributed by atoms with Crippen LogP contribution in [0.5, 0.6) is 0 Å². The summed E-state index contributed by atoms with van der Waals surface area (Å²) in [6, 6.07) is 8.53. The Kier molecular flexibility index (Phi) is 7.03. The summed E-state index contributed by atoms with van der Waals surface area (Å²) < 4.78 is 97.6. The Morgan fingerprint density at radius 1 is 0.857 bits per heavy atom. The predicted octanol–water partition coefficient (Wildman–Crippen LogP) is 6.41. The second-order valence-electron chi connectivity index (χ2n) is 14.6. The SMILES string of the molecule is O=S1(=O)C[C@@H]2[C@H](C1)[C@H]2Nc1nccc(-c2sc(C34CC5CC(CC(C5)C3)C4)nc2-c2cccc(NS(=O)(=O)c3c(F)cccc3F)c2F)n1. The zero-order chi connectivity index (χ0) is 33.9. The van der Waals surface area contributed by atoms with Crippen molar-refractivity contribution in [3.8, 4) is 21.8 Å². The minimum absolute atomic E-state index is 0.0199. The minimum atomic E-state index is -4.83. The van der Waals surface area contributed by atoms with Crippen LogP contribution in [-0.2, 0) is 25.3 Å². The standard InChI is InChI=1S/C34H32F3N5O4S3/c35-23-4-2-5-24(36)31(23)49(45,46)42-25-6-1-3-20(27(25)37)29-30(47-32(40-29)34-12-17-9-18(13-34)11-19(10-17)14-34)26-7-8-38-33(39-26)41-28-21-15-48(43,44)16-22(21)28/h1-8,17-19,21-22,28,42H,9-16H2,(H,38,39,41)/t17?,18?,19?,21-,22+,28+,34?. The maximum absolute atomic E-state index is 16.5. The Labute approximate surface area is 285 Å². The van der Waals surface area contributed by atoms with Gasteiger partial charge in [-0.3, -0.25) is 4.72 Å². The molecule has 5 saturated carbocycles. The van der Waals surface area contributed by atoms with Crippen LogP contribution in [0.4, 0.5) is 24.8 Å². The molecule has 0 radical (unpaired) electrons. The summed E-state index contributed by atoms with van der Waals surface area (Å²) in [5.74, 6) is -0.965. The highest BCUT2D eigenvalue weighted by Gasteiger charge is 2.59. The van der Waals surface area contributed by atoms with Crippen LogP contribution in [0.1, 0.15) is 43.5 Å². The van der Waals surface area contributed by atoms with Crippen LogP contribution in [0.15, 0.2) is 53.6 Å². The van der Waals surface area contributed by atoms with E-state index in [0.29, 0.717) is 40.0 Å². The normalized spacial score (nSPS) is 30.7. The molecule has 0 amide bonds. The molecule has 6 aliphatic rings. The van der Waals surface area contributed by atoms with Crippen molar-refractivity contribution in [1.29, 1.82) is 0 Å². The molecule has 1 aliphatic heterocycles. The number of nitrogens with one attached hydrogen (secondary N) is 2. The van der Waals surface area contributed by atoms with E-state index in [1.165, 1.54) is 48.8 Å². The third kappa shape index (κ3) is 5.34. The molecule has 3 heterocycles. The molecular weight excluding hydrogens is 696 g/mol. The molecule has 9 nitrogen and oxygen atoms in total. The van der Waals surface area contributed by atoms with E-state index >= 15 is 4.39 Å². The first-order valence-corrected chi connectivity index (χ1v) is 20.6. The Bertz CT molecular complexity index is 2170. The molecule has 15 heteroatoms. The van der Waals surface area contributed by atoms with Gasteiger partial charge in [0, 0.05) is 23.2 Å². The Morgan fingerprint density at radius 3 is 2.14 bits per heavy atom. The quantitative estimate of drug-likeness (QED) is 0.213. The predicted molar refractivity (Wildman–Crippen MR) is 179 cm³/mol. The van der Waals surface area contributed by atoms with Crippen LogP contribution in [0.3, 0.4) is 0 Å². The van der Waals surface area contributed by atoms with Gasteiger partial charge in [0.25, 0.3) is 10.0 Å². The van der Waals surface area contributed by atoms with Gasteiger partial charge in [0.1, 0.15) is 16.6 Å². The Morgan fingerprint density at radius 2 is 1.49 bits per heavy atom. The lowest BCUT2D eigenvalue weighted by Gasteiger charge is -2.56. The van der Waals surface area contributed by atoms with Gasteiger partial charge in [0.05, 0.1) is 33.5 Å². The molecule has 1 saturated heterocycles. The van der Waals surface area contributed by atoms with Gasteiger partial charge in [-0.25, -0.2) is 45.0 Å². The smallest absolute Gasteiger partial charge is 0.267 e. The summed E-state index contributed by atoms with van der Waals surface area (Å²) in [6.45, 7) is 0. The van der Waals surface area contributed by atoms with Crippen molar-refractivity contribution in [1.82, 2.24) is 15.0 Å². The Balaban J connectivity index is 1.11. The number of thiazole rings is 1. The molecule has 49 heavy (non-hydrogen) atoms. The molecule has 4 aromatic rings. The molecule has 0 unspecified atom stereocenters. The highest BCUT2D eigenvalue weighted by atomic mass is 32.2. The van der Waals surface area contributed by atoms with Crippen molar-refractivity contribution in [2.75, 3.05) is 21.5 Å². The lowest BCUT2D eigenvalue weighted by Crippen LogP contribution is -2.48. The zero-order valence-electron chi connectivity index (χ0n) is 26.1. The number of fused-ring (bicyclic) bond motifs is 1. The van der Waals surface area contributed by atoms with Gasteiger partial charge in [-0.1, -0.05) is 12.1 Å². The number of sulfonamides is 1. The monoisotopic (exact) mass is 727 g/mol. The van der Waals surface area contributed by atoms with E-state index in [2.05, 4.69) is 10.3 Å². The largest absolute Gasteiger partial charge is 0.351 e. The van der Waals surface area contributed by atoms with Crippen molar-refractivity contribution in [2.24, 2.45) is 29.6 Å². The third-order valence-corrected chi connectivity index (χ3v) is 15.7. The number of anilines is 2. The van der Waals surface area contributed by atoms with E-state index in [1.54, 1.807) is 12.3 Å². The van der Waals surface area contributed by atoms with E-state index < -0.39 is 47.9 Å². The number of rotatable bonds is 8. The number of benzene rings is 2. The molecule has 3 atom stereocenters. The van der Waals surface area contributed by atoms with Crippen molar-refractivity contribution < 1.29 is 30.0 Å². The van der Waals surface area contributed by atoms with E-state index in [1.807, 2.05) is 4.72 Å². The van der Waals surface area contributed by atoms with E-state index in [-0.39, 0.29) is 40.4 Å². The molecule has 256 valence electrons. The summed E-state index contributed by atoms with van der Waals surface area (Å²) >= 11 is 1.47. The van der Waals surface area contributed by atoms with E-state index in [0.717, 1.165) is 42.5 Å². The molecule has 4 bridgehead atoms. The van der Waals surface area contributed by atoms with E-state index in [9.17, 15) is 25.6 Å². The highest BCUT2D eigenvalue weighted by molar-refractivity contribution is 7.92. The molecular formula is C34H32F3N5O4S3. The van der Waals surface area contributed by atoms with Crippen molar-refractivity contribution in [2.45, 2.75) is 54.9 Å². The average Bonchev–Trinajstić information content (AvgIpc) is 3.34. The second-order valence-corrected chi connectivity index (χ2v) is 19.3. The molecule has 5 aliphatic carbocycles. The lowest BCUT2D eigenvalue weighted by atomic mass is 9.50. The molecule has 2 aromatic heterocycles. The van der Waals surface area contributed by atoms with Crippen LogP contribution in [-0.4, -0.2) is 49.3 Å². The second kappa shape index (κ2) is 11.0. The molecule has 2 aromatic carbocycles. The number of aromatic nitrogens is 3. The van der Waals surface area contributed by atoms with Crippen LogP contribution in [0.25, 0.3) is 21.8 Å². The molecule has 6 fully saturated rings. The number of hydrogen-bond acceptors (Lipinski definition) is 9. The summed E-state index contributed by atoms with van der Waals surface area (Å²) in [5.41, 5.74) is 0.209. The lowest BCUT2D eigenvalue weighted by molar-refractivity contribution is -0.00524. The third-order valence-electron chi connectivity index (χ3n) is 11.2. The van der Waals surface area contributed by atoms with Crippen molar-refractivity contribution in [3.05, 3.63) is 71.1 Å². The molecule has 10 rings (SSSR count). The number of halogens is 3. The summed E-state index contributed by atoms with van der Waals surface area (Å²) in [5, 5.41) is 4.20. The topological polar surface area (TPSA) is 131 Å². The van der Waals surface area contributed by atoms with Gasteiger partial charge in [0.15, 0.2) is 20.5 Å². The van der Waals surface area contributed by atoms with Gasteiger partial charge in [-0.05, 0) is 98.4 Å². The fourth-order valence-electron chi connectivity index (χ4n) is 9.48. The van der Waals surface area contributed by atoms with Crippen LogP contribution < -0.4 is 10.0 Å². The fourth-order valence-corrected chi connectivity index (χ4v) is 14.2. The zero-order valence-corrected chi connectivity index (χ0v) is 28.5. The number of nitrogens with zero attached hydrogens (tertiary/aromatic N) is 3. The number of sulfone groups is 1. The van der Waals surface area contributed by atoms with Gasteiger partial charge in [0.2, 0.25) is 5.95 Å². The maximum Gasteiger partial charge on any atom is 0.267 e. The fraction of sp³-hybridized carbons (Fsp3) is 0.441. The van der Waals surface area contributed by atoms with Crippen molar-refractivity contribution in [3.63, 3.8) is 0 Å². The van der Waals surface area contributed by atoms with Crippen LogP contribution in [0.2, 0.25) is 0 Å². The molecule has 2 N–H and O–H groups in total. The summed E-state index contributed by atoms with van der Waals surface area (Å²) in [6.07, 6.45) is 8.35. The average molecular weight is 728 g/mol. The van der Waals surface area contributed by atoms with Crippen LogP contribution in [0, 0.1) is 47.0 Å². The van der Waals surface area contributed by atoms with Gasteiger partial charge < -0.3 is 5.32 Å². The van der Waals surface area contributed by atoms with Crippen molar-refractivity contribution >= 4 is 42.8 Å². The molecule has 0 spiro atoms. The van der Waals surface area contributed by atoms with Gasteiger partial charge >= 0.3 is 0 Å². The first-order valence-electron chi connectivity index (χ1n) is 16.5. The van der Waals surface area contributed by atoms with E-state index in [4.69, 9.17) is 9.97 Å². The first-order chi connectivity index (χ1) is 23.4. The highest BCUT2D eigenvalue weighted by Crippen LogP contribution is 2.62. The summed E-state index contributed by atoms with van der Waals surface area (Å²) in [7, 11) is -7.85. The first kappa shape index (κ1) is 31.4. The van der Waals surface area contributed by atoms with Gasteiger partial charge in [-0.2, -0.15) is 0 Å². The summed E-state index contributed by atoms with van der Waals surface area (Å²) in [4.78, 5) is 13.7. The maximum atomic E-state index is 16.5. The van der Waals surface area contributed by atoms with Gasteiger partial charge in [-0.15, -0.1) is 11.3 Å². The Hall–Kier alpha value is -3.56. The number of hydrogen-bond donors (Lipinski definition) is 2. The van der Waals surface area contributed by atoms with Crippen LogP contribution >= 0.6 is 11.3 Å².